The van der Waals surface area contributed by atoms with E-state index < -0.39 is 30.4 Å². The first-order valence-electron chi connectivity index (χ1n) is 10.5. The highest BCUT2D eigenvalue weighted by Crippen LogP contribution is 2.44. The van der Waals surface area contributed by atoms with Crippen LogP contribution < -0.4 is 10.6 Å². The average Bonchev–Trinajstić information content (AvgIpc) is 3.14. The number of ether oxygens (including phenoxy) is 1. The predicted molar refractivity (Wildman–Crippen MR) is 133 cm³/mol. The zero-order valence-corrected chi connectivity index (χ0v) is 20.2. The molecule has 0 bridgehead atoms. The highest BCUT2D eigenvalue weighted by molar-refractivity contribution is 14.1. The first kappa shape index (κ1) is 24.6. The molecule has 35 heavy (non-hydrogen) atoms. The zero-order valence-electron chi connectivity index (χ0n) is 18.1. The van der Waals surface area contributed by atoms with Crippen LogP contribution in [0.15, 0.2) is 66.7 Å². The molecular weight excluding hydrogens is 573 g/mol. The number of aliphatic carboxylic acids is 1. The van der Waals surface area contributed by atoms with Crippen LogP contribution in [0.5, 0.6) is 0 Å². The van der Waals surface area contributed by atoms with Gasteiger partial charge in [-0.2, -0.15) is 8.78 Å². The molecule has 1 aliphatic rings. The van der Waals surface area contributed by atoms with Crippen molar-refractivity contribution in [3.05, 3.63) is 87.0 Å². The van der Waals surface area contributed by atoms with Crippen LogP contribution in [0.25, 0.3) is 11.1 Å². The number of alkyl halides is 2. The maximum absolute atomic E-state index is 13.3. The van der Waals surface area contributed by atoms with Crippen molar-refractivity contribution in [1.29, 1.82) is 0 Å². The van der Waals surface area contributed by atoms with Crippen LogP contribution in [0.1, 0.15) is 27.4 Å². The lowest BCUT2D eigenvalue weighted by Gasteiger charge is -2.15. The molecule has 0 radical (unpaired) electrons. The lowest BCUT2D eigenvalue weighted by atomic mass is 9.98. The van der Waals surface area contributed by atoms with E-state index in [0.717, 1.165) is 22.3 Å². The number of halogens is 3. The normalized spacial score (nSPS) is 12.4. The van der Waals surface area contributed by atoms with Crippen molar-refractivity contribution >= 4 is 46.2 Å². The van der Waals surface area contributed by atoms with Crippen molar-refractivity contribution < 1.29 is 33.0 Å². The van der Waals surface area contributed by atoms with Gasteiger partial charge < -0.3 is 15.2 Å². The Hall–Kier alpha value is -3.54. The van der Waals surface area contributed by atoms with Gasteiger partial charge in [-0.1, -0.05) is 48.5 Å². The van der Waals surface area contributed by atoms with Gasteiger partial charge in [0.1, 0.15) is 6.61 Å². The number of nitrogens with one attached hydrogen (secondary N) is 2. The summed E-state index contributed by atoms with van der Waals surface area (Å²) in [5.74, 6) is -7.46. The Kier molecular flexibility index (Phi) is 7.01. The lowest BCUT2D eigenvalue weighted by molar-refractivity contribution is -0.163. The van der Waals surface area contributed by atoms with E-state index in [1.165, 1.54) is 12.1 Å². The number of rotatable bonds is 7. The molecule has 0 saturated carbocycles. The van der Waals surface area contributed by atoms with Gasteiger partial charge in [-0.25, -0.2) is 9.59 Å². The van der Waals surface area contributed by atoms with Gasteiger partial charge in [-0.05, 0) is 63.0 Å². The topological polar surface area (TPSA) is 105 Å². The van der Waals surface area contributed by atoms with Gasteiger partial charge in [0.2, 0.25) is 0 Å². The van der Waals surface area contributed by atoms with Crippen LogP contribution in [0.3, 0.4) is 0 Å². The number of carbonyl (C=O) groups excluding carboxylic acids is 2. The molecule has 3 aromatic carbocycles. The SMILES string of the molecule is O=C(Nc1cc(I)cc(C(=O)NCC(F)(F)C(=O)O)c1)OCC1c2ccccc2-c2ccccc21. The minimum absolute atomic E-state index is 0.0213. The molecular formula is C25H19F2IN2O5. The van der Waals surface area contributed by atoms with Gasteiger partial charge in [-0.3, -0.25) is 10.1 Å². The number of anilines is 1. The molecule has 3 aromatic rings. The van der Waals surface area contributed by atoms with Gasteiger partial charge in [0, 0.05) is 20.7 Å². The molecule has 0 saturated heterocycles. The maximum Gasteiger partial charge on any atom is 0.411 e. The monoisotopic (exact) mass is 592 g/mol. The maximum atomic E-state index is 13.3. The lowest BCUT2D eigenvalue weighted by Crippen LogP contribution is -2.42. The second-order valence-corrected chi connectivity index (χ2v) is 9.12. The number of amides is 2. The second-order valence-electron chi connectivity index (χ2n) is 7.87. The summed E-state index contributed by atoms with van der Waals surface area (Å²) in [6, 6.07) is 20.1. The third-order valence-electron chi connectivity index (χ3n) is 5.53. The Bertz CT molecular complexity index is 1270. The molecule has 0 unspecified atom stereocenters. The summed E-state index contributed by atoms with van der Waals surface area (Å²) >= 11 is 1.90. The van der Waals surface area contributed by atoms with E-state index in [0.29, 0.717) is 3.57 Å². The standard InChI is InChI=1S/C25H19F2IN2O5/c26-25(27,23(32)33)13-29-22(31)14-9-15(28)11-16(10-14)30-24(34)35-12-21-19-7-3-1-5-17(19)18-6-2-4-8-20(18)21/h1-11,21H,12-13H2,(H,29,31)(H,30,34)(H,32,33). The Morgan fingerprint density at radius 3 is 2.17 bits per heavy atom. The summed E-state index contributed by atoms with van der Waals surface area (Å²) in [6.45, 7) is -1.26. The van der Waals surface area contributed by atoms with Crippen molar-refractivity contribution in [2.45, 2.75) is 11.8 Å². The third kappa shape index (κ3) is 5.42. The summed E-state index contributed by atoms with van der Waals surface area (Å²) in [4.78, 5) is 35.3. The Labute approximate surface area is 212 Å². The minimum Gasteiger partial charge on any atom is -0.477 e. The van der Waals surface area contributed by atoms with Gasteiger partial charge in [0.25, 0.3) is 5.91 Å². The Balaban J connectivity index is 1.41. The summed E-state index contributed by atoms with van der Waals surface area (Å²) in [5.41, 5.74) is 4.52. The smallest absolute Gasteiger partial charge is 0.411 e. The number of fused-ring (bicyclic) bond motifs is 3. The average molecular weight is 592 g/mol. The van der Waals surface area contributed by atoms with Crippen molar-refractivity contribution in [1.82, 2.24) is 5.32 Å². The van der Waals surface area contributed by atoms with E-state index in [1.54, 1.807) is 6.07 Å². The summed E-state index contributed by atoms with van der Waals surface area (Å²) in [6.07, 6.45) is -0.738. The van der Waals surface area contributed by atoms with Crippen LogP contribution in [0.4, 0.5) is 19.3 Å². The molecule has 10 heteroatoms. The van der Waals surface area contributed by atoms with Crippen LogP contribution >= 0.6 is 22.6 Å². The van der Waals surface area contributed by atoms with Gasteiger partial charge >= 0.3 is 18.0 Å². The first-order chi connectivity index (χ1) is 16.7. The number of carboxylic acid groups (broad SMARTS) is 1. The molecule has 3 N–H and O–H groups in total. The molecule has 0 spiro atoms. The molecule has 0 aromatic heterocycles. The molecule has 0 atom stereocenters. The highest BCUT2D eigenvalue weighted by Gasteiger charge is 2.39. The largest absolute Gasteiger partial charge is 0.477 e. The van der Waals surface area contributed by atoms with E-state index in [2.05, 4.69) is 5.32 Å². The van der Waals surface area contributed by atoms with Crippen LogP contribution in [-0.4, -0.2) is 42.2 Å². The number of hydrogen-bond acceptors (Lipinski definition) is 4. The Morgan fingerprint density at radius 2 is 1.57 bits per heavy atom. The minimum atomic E-state index is -4.10. The number of hydrogen-bond donors (Lipinski definition) is 3. The molecule has 1 aliphatic carbocycles. The second kappa shape index (κ2) is 9.98. The fourth-order valence-corrected chi connectivity index (χ4v) is 4.59. The fraction of sp³-hybridized carbons (Fsp3) is 0.160. The summed E-state index contributed by atoms with van der Waals surface area (Å²) in [5, 5.41) is 12.9. The fourth-order valence-electron chi connectivity index (χ4n) is 3.91. The van der Waals surface area contributed by atoms with Gasteiger partial charge in [-0.15, -0.1) is 0 Å². The number of carboxylic acids is 1. The molecule has 2 amide bonds. The summed E-state index contributed by atoms with van der Waals surface area (Å²) in [7, 11) is 0. The molecule has 0 aliphatic heterocycles. The van der Waals surface area contributed by atoms with Gasteiger partial charge in [0.15, 0.2) is 0 Å². The number of carbonyl (C=O) groups is 3. The first-order valence-corrected chi connectivity index (χ1v) is 11.6. The molecule has 0 heterocycles. The van der Waals surface area contributed by atoms with E-state index in [4.69, 9.17) is 9.84 Å². The van der Waals surface area contributed by atoms with E-state index in [-0.39, 0.29) is 23.8 Å². The van der Waals surface area contributed by atoms with Gasteiger partial charge in [0.05, 0.1) is 6.54 Å². The highest BCUT2D eigenvalue weighted by atomic mass is 127. The van der Waals surface area contributed by atoms with Crippen molar-refractivity contribution in [2.24, 2.45) is 0 Å². The van der Waals surface area contributed by atoms with Crippen molar-refractivity contribution in [2.75, 3.05) is 18.5 Å². The Morgan fingerprint density at radius 1 is 0.971 bits per heavy atom. The van der Waals surface area contributed by atoms with Crippen LogP contribution in [-0.2, 0) is 9.53 Å². The molecule has 7 nitrogen and oxygen atoms in total. The van der Waals surface area contributed by atoms with Crippen LogP contribution in [0.2, 0.25) is 0 Å². The van der Waals surface area contributed by atoms with E-state index in [9.17, 15) is 23.2 Å². The van der Waals surface area contributed by atoms with E-state index >= 15 is 0 Å². The summed E-state index contributed by atoms with van der Waals surface area (Å²) < 4.78 is 32.6. The van der Waals surface area contributed by atoms with E-state index in [1.807, 2.05) is 76.4 Å². The third-order valence-corrected chi connectivity index (χ3v) is 6.16. The molecule has 180 valence electrons. The van der Waals surface area contributed by atoms with Crippen molar-refractivity contribution in [3.8, 4) is 11.1 Å². The molecule has 0 fully saturated rings. The van der Waals surface area contributed by atoms with Crippen LogP contribution in [0, 0.1) is 3.57 Å². The predicted octanol–water partition coefficient (Wildman–Crippen LogP) is 5.10. The number of benzene rings is 3. The zero-order chi connectivity index (χ0) is 25.2. The quantitative estimate of drug-likeness (QED) is 0.332. The van der Waals surface area contributed by atoms with Crippen molar-refractivity contribution in [3.63, 3.8) is 0 Å². The molecule has 4 rings (SSSR count).